The highest BCUT2D eigenvalue weighted by Gasteiger charge is 2.25. The lowest BCUT2D eigenvalue weighted by atomic mass is 9.91. The van der Waals surface area contributed by atoms with E-state index in [1.807, 2.05) is 0 Å². The van der Waals surface area contributed by atoms with E-state index in [1.165, 1.54) is 55.3 Å². The number of benzene rings is 6. The van der Waals surface area contributed by atoms with Gasteiger partial charge in [0.2, 0.25) is 0 Å². The standard InChI is InChI=1S/C58H49N3/c1-42-19-15-16-38-60(55-32-13-11-28-49(55)51-30-18-31-52-50-29-12-14-33-57(50)61(58(51)52)48-26-9-4-10-27-48)56-37-35-46(40-53(42)56)45-24-17-25-47(39-45)54(36-34-43-20-5-2-6-21-43)59-41-44-22-7-3-8-23-44/h2-12,14-26,28-31,33,35-40,48,59H,1,13,27,32,34,41H2/b19-15-,38-16-,54-36-/t48-/m1/s1. The lowest BCUT2D eigenvalue weighted by Gasteiger charge is -2.31. The number of fused-ring (bicyclic) bond motifs is 4. The van der Waals surface area contributed by atoms with Crippen molar-refractivity contribution in [3.05, 3.63) is 253 Å². The smallest absolute Gasteiger partial charge is 0.0577 e. The van der Waals surface area contributed by atoms with Gasteiger partial charge in [-0.05, 0) is 89.4 Å². The van der Waals surface area contributed by atoms with Crippen LogP contribution in [0.3, 0.4) is 0 Å². The Bertz CT molecular complexity index is 2980. The summed E-state index contributed by atoms with van der Waals surface area (Å²) in [6.07, 6.45) is 28.4. The summed E-state index contributed by atoms with van der Waals surface area (Å²) < 4.78 is 2.58. The second kappa shape index (κ2) is 17.1. The number of para-hydroxylation sites is 2. The molecule has 61 heavy (non-hydrogen) atoms. The Kier molecular flexibility index (Phi) is 10.6. The molecule has 1 aromatic heterocycles. The van der Waals surface area contributed by atoms with E-state index in [4.69, 9.17) is 0 Å². The van der Waals surface area contributed by atoms with E-state index in [9.17, 15) is 0 Å². The summed E-state index contributed by atoms with van der Waals surface area (Å²) in [5.41, 5.74) is 16.8. The predicted molar refractivity (Wildman–Crippen MR) is 260 cm³/mol. The molecule has 1 N–H and O–H groups in total. The first-order valence-corrected chi connectivity index (χ1v) is 21.5. The Morgan fingerprint density at radius 1 is 0.672 bits per heavy atom. The molecule has 0 saturated carbocycles. The summed E-state index contributed by atoms with van der Waals surface area (Å²) in [5, 5.41) is 6.37. The van der Waals surface area contributed by atoms with Gasteiger partial charge in [0.1, 0.15) is 0 Å². The van der Waals surface area contributed by atoms with Gasteiger partial charge in [0.25, 0.3) is 0 Å². The minimum atomic E-state index is 0.243. The number of allylic oxidation sites excluding steroid dienone is 13. The zero-order chi connectivity index (χ0) is 41.0. The molecule has 2 aliphatic carbocycles. The van der Waals surface area contributed by atoms with Crippen LogP contribution in [0.4, 0.5) is 5.69 Å². The highest BCUT2D eigenvalue weighted by molar-refractivity contribution is 6.12. The molecule has 1 atom stereocenters. The van der Waals surface area contributed by atoms with E-state index >= 15 is 0 Å². The largest absolute Gasteiger partial charge is 0.381 e. The van der Waals surface area contributed by atoms with Crippen molar-refractivity contribution in [2.24, 2.45) is 0 Å². The summed E-state index contributed by atoms with van der Waals surface area (Å²) in [7, 11) is 0. The van der Waals surface area contributed by atoms with Gasteiger partial charge in [-0.15, -0.1) is 0 Å². The van der Waals surface area contributed by atoms with Crippen molar-refractivity contribution < 1.29 is 0 Å². The molecule has 1 aliphatic heterocycles. The topological polar surface area (TPSA) is 20.2 Å². The fourth-order valence-electron chi connectivity index (χ4n) is 9.20. The van der Waals surface area contributed by atoms with Crippen molar-refractivity contribution in [3.8, 4) is 11.1 Å². The lowest BCUT2D eigenvalue weighted by Crippen LogP contribution is -2.20. The van der Waals surface area contributed by atoms with Crippen LogP contribution < -0.4 is 10.2 Å². The fourth-order valence-corrected chi connectivity index (χ4v) is 9.20. The molecule has 296 valence electrons. The fraction of sp³-hybridized carbons (Fsp3) is 0.103. The molecule has 0 unspecified atom stereocenters. The second-order valence-electron chi connectivity index (χ2n) is 16.1. The third-order valence-electron chi connectivity index (χ3n) is 12.2. The van der Waals surface area contributed by atoms with Gasteiger partial charge in [0.15, 0.2) is 0 Å². The van der Waals surface area contributed by atoms with E-state index in [1.54, 1.807) is 0 Å². The molecular weight excluding hydrogens is 739 g/mol. The molecule has 3 aliphatic rings. The van der Waals surface area contributed by atoms with Crippen molar-refractivity contribution in [2.45, 2.75) is 38.3 Å². The molecule has 0 fully saturated rings. The Balaban J connectivity index is 1.06. The Morgan fingerprint density at radius 3 is 2.31 bits per heavy atom. The molecule has 0 amide bonds. The van der Waals surface area contributed by atoms with E-state index in [2.05, 4.69) is 234 Å². The summed E-state index contributed by atoms with van der Waals surface area (Å²) in [6.45, 7) is 5.37. The molecule has 3 nitrogen and oxygen atoms in total. The number of nitrogens with one attached hydrogen (secondary N) is 1. The number of aromatic nitrogens is 1. The highest BCUT2D eigenvalue weighted by atomic mass is 15.1. The van der Waals surface area contributed by atoms with Gasteiger partial charge in [0.05, 0.1) is 17.2 Å². The predicted octanol–water partition coefficient (Wildman–Crippen LogP) is 14.6. The molecular formula is C58H49N3. The Labute approximate surface area is 359 Å². The molecule has 0 bridgehead atoms. The van der Waals surface area contributed by atoms with Crippen LogP contribution in [-0.2, 0) is 13.0 Å². The van der Waals surface area contributed by atoms with Gasteiger partial charge in [0, 0.05) is 57.1 Å². The van der Waals surface area contributed by atoms with Crippen molar-refractivity contribution in [2.75, 3.05) is 4.90 Å². The molecule has 0 radical (unpaired) electrons. The van der Waals surface area contributed by atoms with Gasteiger partial charge in [-0.3, -0.25) is 0 Å². The molecule has 6 aromatic carbocycles. The summed E-state index contributed by atoms with van der Waals surface area (Å²) in [5.74, 6) is 0. The van der Waals surface area contributed by atoms with Gasteiger partial charge < -0.3 is 14.8 Å². The van der Waals surface area contributed by atoms with Crippen molar-refractivity contribution in [3.63, 3.8) is 0 Å². The van der Waals surface area contributed by atoms with Crippen LogP contribution in [0.5, 0.6) is 0 Å². The van der Waals surface area contributed by atoms with E-state index in [0.717, 1.165) is 65.9 Å². The van der Waals surface area contributed by atoms with Crippen LogP contribution >= 0.6 is 0 Å². The Morgan fingerprint density at radius 2 is 1.46 bits per heavy atom. The van der Waals surface area contributed by atoms with Gasteiger partial charge in [-0.25, -0.2) is 0 Å². The maximum Gasteiger partial charge on any atom is 0.0577 e. The molecule has 0 spiro atoms. The van der Waals surface area contributed by atoms with Crippen LogP contribution in [0.25, 0.3) is 49.8 Å². The summed E-state index contributed by atoms with van der Waals surface area (Å²) in [6, 6.07) is 53.1. The Hall–Kier alpha value is -7.36. The zero-order valence-corrected chi connectivity index (χ0v) is 34.4. The second-order valence-corrected chi connectivity index (χ2v) is 16.1. The van der Waals surface area contributed by atoms with E-state index < -0.39 is 0 Å². The first-order valence-electron chi connectivity index (χ1n) is 21.5. The number of hydrogen-bond donors (Lipinski definition) is 1. The molecule has 2 heterocycles. The van der Waals surface area contributed by atoms with Gasteiger partial charge >= 0.3 is 0 Å². The SMILES string of the molecule is C=C1/C=C\C=C/N(C2=C(c3cccc4c5ccccc5n([C@@H]5C=CC=CC5)c34)C=CCC2)c2ccc(-c3cccc(/C(=C/Cc4ccccc4)NCc4ccccc4)c3)cc21. The number of hydrogen-bond acceptors (Lipinski definition) is 2. The molecule has 0 saturated heterocycles. The number of anilines is 1. The first-order chi connectivity index (χ1) is 30.2. The van der Waals surface area contributed by atoms with E-state index in [0.29, 0.717) is 0 Å². The van der Waals surface area contributed by atoms with E-state index in [-0.39, 0.29) is 6.04 Å². The molecule has 3 heteroatoms. The van der Waals surface area contributed by atoms with Crippen LogP contribution in [0, 0.1) is 0 Å². The summed E-state index contributed by atoms with van der Waals surface area (Å²) >= 11 is 0. The third-order valence-corrected chi connectivity index (χ3v) is 12.2. The van der Waals surface area contributed by atoms with Crippen LogP contribution in [0.1, 0.15) is 53.1 Å². The van der Waals surface area contributed by atoms with Crippen LogP contribution in [0.15, 0.2) is 225 Å². The summed E-state index contributed by atoms with van der Waals surface area (Å²) in [4.78, 5) is 2.43. The first kappa shape index (κ1) is 37.9. The molecule has 7 aromatic rings. The number of nitrogens with zero attached hydrogens (tertiary/aromatic N) is 2. The van der Waals surface area contributed by atoms with Crippen LogP contribution in [-0.4, -0.2) is 4.57 Å². The average molecular weight is 788 g/mol. The maximum atomic E-state index is 4.62. The van der Waals surface area contributed by atoms with Gasteiger partial charge in [-0.2, -0.15) is 0 Å². The highest BCUT2D eigenvalue weighted by Crippen LogP contribution is 2.43. The van der Waals surface area contributed by atoms with Crippen molar-refractivity contribution >= 4 is 44.3 Å². The normalized spacial score (nSPS) is 17.4. The maximum absolute atomic E-state index is 4.62. The van der Waals surface area contributed by atoms with Crippen molar-refractivity contribution in [1.29, 1.82) is 0 Å². The third kappa shape index (κ3) is 7.67. The minimum Gasteiger partial charge on any atom is -0.381 e. The quantitative estimate of drug-likeness (QED) is 0.149. The minimum absolute atomic E-state index is 0.243. The average Bonchev–Trinajstić information content (AvgIpc) is 3.67. The van der Waals surface area contributed by atoms with Crippen molar-refractivity contribution in [1.82, 2.24) is 9.88 Å². The monoisotopic (exact) mass is 787 g/mol. The number of rotatable bonds is 10. The molecule has 10 rings (SSSR count). The van der Waals surface area contributed by atoms with Crippen LogP contribution in [0.2, 0.25) is 0 Å². The lowest BCUT2D eigenvalue weighted by molar-refractivity contribution is 0.647. The zero-order valence-electron chi connectivity index (χ0n) is 34.4. The van der Waals surface area contributed by atoms with Gasteiger partial charge in [-0.1, -0.05) is 183 Å².